The number of carbonyl (C=O) groups is 1. The molecule has 0 aliphatic carbocycles. The van der Waals surface area contributed by atoms with Crippen molar-refractivity contribution in [1.29, 1.82) is 0 Å². The number of methoxy groups -OCH3 is 1. The summed E-state index contributed by atoms with van der Waals surface area (Å²) in [6.07, 6.45) is 0. The highest BCUT2D eigenvalue weighted by molar-refractivity contribution is 9.10. The van der Waals surface area contributed by atoms with E-state index in [4.69, 9.17) is 4.74 Å². The molecule has 0 atom stereocenters. The summed E-state index contributed by atoms with van der Waals surface area (Å²) in [5, 5.41) is 2.91. The first-order valence-corrected chi connectivity index (χ1v) is 7.42. The molecule has 0 saturated carbocycles. The van der Waals surface area contributed by atoms with Gasteiger partial charge in [-0.05, 0) is 25.2 Å². The number of piperazine rings is 1. The SMILES string of the molecule is COc1cc(Br)ccc1NC(=O)CN1CCN(C)CC1. The zero-order valence-corrected chi connectivity index (χ0v) is 13.4. The Kier molecular flexibility index (Phi) is 5.39. The Bertz CT molecular complexity index is 473. The minimum atomic E-state index is -0.00447. The quantitative estimate of drug-likeness (QED) is 0.904. The highest BCUT2D eigenvalue weighted by Crippen LogP contribution is 2.27. The number of halogens is 1. The number of ether oxygens (including phenoxy) is 1. The maximum atomic E-state index is 12.1. The van der Waals surface area contributed by atoms with Crippen LogP contribution >= 0.6 is 15.9 Å². The van der Waals surface area contributed by atoms with Gasteiger partial charge in [0, 0.05) is 30.7 Å². The van der Waals surface area contributed by atoms with Crippen LogP contribution in [0.5, 0.6) is 5.75 Å². The number of nitrogens with one attached hydrogen (secondary N) is 1. The van der Waals surface area contributed by atoms with Gasteiger partial charge < -0.3 is 15.0 Å². The first kappa shape index (κ1) is 15.3. The first-order valence-electron chi connectivity index (χ1n) is 6.63. The Morgan fingerprint density at radius 1 is 1.35 bits per heavy atom. The molecule has 0 aromatic heterocycles. The van der Waals surface area contributed by atoms with Crippen molar-refractivity contribution in [2.45, 2.75) is 0 Å². The van der Waals surface area contributed by atoms with Crippen LogP contribution in [0, 0.1) is 0 Å². The van der Waals surface area contributed by atoms with Crippen LogP contribution in [0.2, 0.25) is 0 Å². The van der Waals surface area contributed by atoms with Crippen LogP contribution in [-0.2, 0) is 4.79 Å². The summed E-state index contributed by atoms with van der Waals surface area (Å²) in [6.45, 7) is 4.31. The summed E-state index contributed by atoms with van der Waals surface area (Å²) < 4.78 is 6.19. The predicted octanol–water partition coefficient (Wildman–Crippen LogP) is 1.64. The Morgan fingerprint density at radius 3 is 2.70 bits per heavy atom. The highest BCUT2D eigenvalue weighted by atomic mass is 79.9. The van der Waals surface area contributed by atoms with Crippen molar-refractivity contribution in [2.75, 3.05) is 52.2 Å². The lowest BCUT2D eigenvalue weighted by molar-refractivity contribution is -0.117. The molecule has 1 aliphatic heterocycles. The lowest BCUT2D eigenvalue weighted by atomic mass is 10.3. The van der Waals surface area contributed by atoms with Crippen molar-refractivity contribution < 1.29 is 9.53 Å². The van der Waals surface area contributed by atoms with Crippen LogP contribution in [-0.4, -0.2) is 62.6 Å². The largest absolute Gasteiger partial charge is 0.495 e. The number of anilines is 1. The summed E-state index contributed by atoms with van der Waals surface area (Å²) in [7, 11) is 3.70. The van der Waals surface area contributed by atoms with Crippen LogP contribution in [0.25, 0.3) is 0 Å². The molecular formula is C14H20BrN3O2. The van der Waals surface area contributed by atoms with Crippen LogP contribution in [0.4, 0.5) is 5.69 Å². The average molecular weight is 342 g/mol. The second kappa shape index (κ2) is 7.06. The number of nitrogens with zero attached hydrogens (tertiary/aromatic N) is 2. The maximum absolute atomic E-state index is 12.1. The number of rotatable bonds is 4. The zero-order valence-electron chi connectivity index (χ0n) is 11.9. The molecule has 5 nitrogen and oxygen atoms in total. The van der Waals surface area contributed by atoms with E-state index in [1.54, 1.807) is 7.11 Å². The maximum Gasteiger partial charge on any atom is 0.238 e. The number of likely N-dealkylation sites (N-methyl/N-ethyl adjacent to an activating group) is 1. The molecule has 110 valence electrons. The minimum Gasteiger partial charge on any atom is -0.495 e. The van der Waals surface area contributed by atoms with Gasteiger partial charge in [-0.1, -0.05) is 15.9 Å². The van der Waals surface area contributed by atoms with Crippen LogP contribution in [0.1, 0.15) is 0 Å². The molecular weight excluding hydrogens is 322 g/mol. The van der Waals surface area contributed by atoms with Crippen molar-refractivity contribution in [2.24, 2.45) is 0 Å². The molecule has 2 rings (SSSR count). The van der Waals surface area contributed by atoms with Gasteiger partial charge in [-0.25, -0.2) is 0 Å². The second-order valence-corrected chi connectivity index (χ2v) is 5.89. The molecule has 0 unspecified atom stereocenters. The van der Waals surface area contributed by atoms with Gasteiger partial charge in [0.05, 0.1) is 19.3 Å². The van der Waals surface area contributed by atoms with Crippen LogP contribution in [0.3, 0.4) is 0 Å². The lowest BCUT2D eigenvalue weighted by Crippen LogP contribution is -2.47. The number of hydrogen-bond donors (Lipinski definition) is 1. The molecule has 0 radical (unpaired) electrons. The van der Waals surface area contributed by atoms with E-state index >= 15 is 0 Å². The first-order chi connectivity index (χ1) is 9.58. The highest BCUT2D eigenvalue weighted by Gasteiger charge is 2.17. The molecule has 1 amide bonds. The van der Waals surface area contributed by atoms with E-state index in [0.29, 0.717) is 18.0 Å². The third kappa shape index (κ3) is 4.19. The van der Waals surface area contributed by atoms with Crippen molar-refractivity contribution >= 4 is 27.5 Å². The number of benzene rings is 1. The molecule has 1 fully saturated rings. The van der Waals surface area contributed by atoms with Gasteiger partial charge in [-0.3, -0.25) is 9.69 Å². The molecule has 20 heavy (non-hydrogen) atoms. The van der Waals surface area contributed by atoms with Crippen LogP contribution in [0.15, 0.2) is 22.7 Å². The van der Waals surface area contributed by atoms with E-state index in [2.05, 4.69) is 38.1 Å². The van der Waals surface area contributed by atoms with E-state index < -0.39 is 0 Å². The smallest absolute Gasteiger partial charge is 0.238 e. The van der Waals surface area contributed by atoms with Gasteiger partial charge in [0.1, 0.15) is 5.75 Å². The minimum absolute atomic E-state index is 0.00447. The Hall–Kier alpha value is -1.11. The molecule has 1 aromatic rings. The van der Waals surface area contributed by atoms with E-state index in [1.807, 2.05) is 18.2 Å². The fourth-order valence-corrected chi connectivity index (χ4v) is 2.51. The fourth-order valence-electron chi connectivity index (χ4n) is 2.17. The normalized spacial score (nSPS) is 16.9. The van der Waals surface area contributed by atoms with E-state index in [-0.39, 0.29) is 5.91 Å². The van der Waals surface area contributed by atoms with E-state index in [9.17, 15) is 4.79 Å². The topological polar surface area (TPSA) is 44.8 Å². The van der Waals surface area contributed by atoms with Crippen molar-refractivity contribution in [1.82, 2.24) is 9.80 Å². The van der Waals surface area contributed by atoms with Gasteiger partial charge in [0.15, 0.2) is 0 Å². The number of amides is 1. The third-order valence-corrected chi connectivity index (χ3v) is 3.89. The summed E-state index contributed by atoms with van der Waals surface area (Å²) >= 11 is 3.38. The predicted molar refractivity (Wildman–Crippen MR) is 83.3 cm³/mol. The molecule has 1 aliphatic rings. The van der Waals surface area contributed by atoms with Gasteiger partial charge >= 0.3 is 0 Å². The molecule has 1 saturated heterocycles. The van der Waals surface area contributed by atoms with Crippen molar-refractivity contribution in [3.63, 3.8) is 0 Å². The molecule has 1 N–H and O–H groups in total. The average Bonchev–Trinajstić information content (AvgIpc) is 2.43. The van der Waals surface area contributed by atoms with Crippen molar-refractivity contribution in [3.8, 4) is 5.75 Å². The van der Waals surface area contributed by atoms with E-state index in [0.717, 1.165) is 30.7 Å². The van der Waals surface area contributed by atoms with E-state index in [1.165, 1.54) is 0 Å². The molecule has 1 aromatic carbocycles. The Balaban J connectivity index is 1.91. The van der Waals surface area contributed by atoms with Gasteiger partial charge in [0.25, 0.3) is 0 Å². The molecule has 0 bridgehead atoms. The number of hydrogen-bond acceptors (Lipinski definition) is 4. The molecule has 1 heterocycles. The van der Waals surface area contributed by atoms with Gasteiger partial charge in [-0.2, -0.15) is 0 Å². The third-order valence-electron chi connectivity index (χ3n) is 3.40. The lowest BCUT2D eigenvalue weighted by Gasteiger charge is -2.31. The molecule has 6 heteroatoms. The molecule has 0 spiro atoms. The summed E-state index contributed by atoms with van der Waals surface area (Å²) in [6, 6.07) is 5.56. The monoisotopic (exact) mass is 341 g/mol. The summed E-state index contributed by atoms with van der Waals surface area (Å²) in [5.41, 5.74) is 0.704. The fraction of sp³-hybridized carbons (Fsp3) is 0.500. The summed E-state index contributed by atoms with van der Waals surface area (Å²) in [4.78, 5) is 16.5. The van der Waals surface area contributed by atoms with Crippen molar-refractivity contribution in [3.05, 3.63) is 22.7 Å². The second-order valence-electron chi connectivity index (χ2n) is 4.97. The van der Waals surface area contributed by atoms with Gasteiger partial charge in [-0.15, -0.1) is 0 Å². The zero-order chi connectivity index (χ0) is 14.5. The Morgan fingerprint density at radius 2 is 2.05 bits per heavy atom. The summed E-state index contributed by atoms with van der Waals surface area (Å²) in [5.74, 6) is 0.654. The van der Waals surface area contributed by atoms with Gasteiger partial charge in [0.2, 0.25) is 5.91 Å². The Labute approximate surface area is 128 Å². The standard InChI is InChI=1S/C14H20BrN3O2/c1-17-5-7-18(8-6-17)10-14(19)16-12-4-3-11(15)9-13(12)20-2/h3-4,9H,5-8,10H2,1-2H3,(H,16,19). The van der Waals surface area contributed by atoms with Crippen LogP contribution < -0.4 is 10.1 Å². The number of carbonyl (C=O) groups excluding carboxylic acids is 1.